The van der Waals surface area contributed by atoms with E-state index in [9.17, 15) is 18.4 Å². The van der Waals surface area contributed by atoms with Crippen LogP contribution in [0.1, 0.15) is 5.56 Å². The normalized spacial score (nSPS) is 11.3. The summed E-state index contributed by atoms with van der Waals surface area (Å²) < 4.78 is 36.7. The Kier molecular flexibility index (Phi) is 5.28. The summed E-state index contributed by atoms with van der Waals surface area (Å²) in [7, 11) is 1.46. The number of benzene rings is 2. The van der Waals surface area contributed by atoms with Gasteiger partial charge in [-0.25, -0.2) is 23.1 Å². The molecule has 0 fully saturated rings. The summed E-state index contributed by atoms with van der Waals surface area (Å²) in [6, 6.07) is 11.6. The van der Waals surface area contributed by atoms with E-state index in [1.807, 2.05) is 0 Å². The van der Waals surface area contributed by atoms with Gasteiger partial charge in [0.25, 0.3) is 5.56 Å². The summed E-state index contributed by atoms with van der Waals surface area (Å²) >= 11 is 0. The molecule has 2 aromatic carbocycles. The molecule has 7 nitrogen and oxygen atoms in total. The molecule has 0 atom stereocenters. The lowest BCUT2D eigenvalue weighted by Crippen LogP contribution is -2.41. The zero-order valence-corrected chi connectivity index (χ0v) is 16.1. The fourth-order valence-electron chi connectivity index (χ4n) is 3.34. The van der Waals surface area contributed by atoms with Crippen LogP contribution in [0.5, 0.6) is 0 Å². The Hall–Kier alpha value is -3.59. The molecule has 4 aromatic rings. The molecule has 30 heavy (non-hydrogen) atoms. The molecule has 0 bridgehead atoms. The summed E-state index contributed by atoms with van der Waals surface area (Å²) in [4.78, 5) is 30.4. The van der Waals surface area contributed by atoms with E-state index in [1.54, 1.807) is 24.3 Å². The Morgan fingerprint density at radius 1 is 1.07 bits per heavy atom. The van der Waals surface area contributed by atoms with Crippen LogP contribution in [0.15, 0.2) is 64.4 Å². The second kappa shape index (κ2) is 8.03. The van der Waals surface area contributed by atoms with Gasteiger partial charge in [-0.2, -0.15) is 0 Å². The summed E-state index contributed by atoms with van der Waals surface area (Å²) in [6.07, 6.45) is 1.37. The Balaban J connectivity index is 1.99. The molecule has 0 spiro atoms. The Morgan fingerprint density at radius 3 is 2.60 bits per heavy atom. The lowest BCUT2D eigenvalue weighted by Gasteiger charge is -2.13. The average Bonchev–Trinajstić information content (AvgIpc) is 3.13. The van der Waals surface area contributed by atoms with E-state index >= 15 is 0 Å². The number of rotatable bonds is 6. The van der Waals surface area contributed by atoms with Crippen molar-refractivity contribution in [1.82, 2.24) is 18.7 Å². The van der Waals surface area contributed by atoms with Gasteiger partial charge < -0.3 is 9.30 Å². The van der Waals surface area contributed by atoms with E-state index in [4.69, 9.17) is 4.74 Å². The lowest BCUT2D eigenvalue weighted by molar-refractivity contribution is 0.184. The second-order valence-corrected chi connectivity index (χ2v) is 6.68. The molecule has 0 saturated heterocycles. The first-order chi connectivity index (χ1) is 14.5. The van der Waals surface area contributed by atoms with Gasteiger partial charge in [0.1, 0.15) is 11.6 Å². The molecule has 0 aliphatic heterocycles. The molecule has 9 heteroatoms. The van der Waals surface area contributed by atoms with Crippen molar-refractivity contribution >= 4 is 11.2 Å². The van der Waals surface area contributed by atoms with E-state index < -0.39 is 22.9 Å². The number of methoxy groups -OCH3 is 1. The second-order valence-electron chi connectivity index (χ2n) is 6.68. The first-order valence-corrected chi connectivity index (χ1v) is 9.20. The van der Waals surface area contributed by atoms with Gasteiger partial charge in [-0.15, -0.1) is 0 Å². The predicted octanol–water partition coefficient (Wildman–Crippen LogP) is 2.32. The molecule has 154 valence electrons. The molecule has 0 radical (unpaired) electrons. The maximum Gasteiger partial charge on any atom is 0.337 e. The molecule has 0 amide bonds. The highest BCUT2D eigenvalue weighted by molar-refractivity contribution is 5.72. The standard InChI is InChI=1S/C21H18F2N4O3/c1-30-10-9-26-20(28)18-19(27(21(26)29)16-7-4-6-15(22)11-16)24-13-25(18)12-14-5-2-3-8-17(14)23/h2-8,11,13H,9-10,12H2,1H3. The van der Waals surface area contributed by atoms with Crippen molar-refractivity contribution in [3.8, 4) is 5.69 Å². The number of aromatic nitrogens is 4. The molecule has 0 aliphatic rings. The number of halogens is 2. The lowest BCUT2D eigenvalue weighted by atomic mass is 10.2. The topological polar surface area (TPSA) is 71.1 Å². The third kappa shape index (κ3) is 3.43. The highest BCUT2D eigenvalue weighted by Gasteiger charge is 2.20. The minimum atomic E-state index is -0.661. The summed E-state index contributed by atoms with van der Waals surface area (Å²) in [5.41, 5.74) is -0.464. The first kappa shape index (κ1) is 19.7. The van der Waals surface area contributed by atoms with Crippen LogP contribution >= 0.6 is 0 Å². The molecular formula is C21H18F2N4O3. The van der Waals surface area contributed by atoms with E-state index in [1.165, 1.54) is 46.8 Å². The van der Waals surface area contributed by atoms with Gasteiger partial charge >= 0.3 is 5.69 Å². The molecule has 4 rings (SSSR count). The highest BCUT2D eigenvalue weighted by Crippen LogP contribution is 2.16. The number of hydrogen-bond donors (Lipinski definition) is 0. The van der Waals surface area contributed by atoms with Crippen molar-refractivity contribution in [3.05, 3.63) is 92.9 Å². The van der Waals surface area contributed by atoms with E-state index in [-0.39, 0.29) is 36.5 Å². The molecule has 0 N–H and O–H groups in total. The summed E-state index contributed by atoms with van der Waals surface area (Å²) in [5, 5.41) is 0. The van der Waals surface area contributed by atoms with Crippen LogP contribution in [-0.2, 0) is 17.8 Å². The van der Waals surface area contributed by atoms with E-state index in [0.717, 1.165) is 4.57 Å². The number of nitrogens with zero attached hydrogens (tertiary/aromatic N) is 4. The largest absolute Gasteiger partial charge is 0.383 e. The molecule has 0 unspecified atom stereocenters. The number of hydrogen-bond acceptors (Lipinski definition) is 4. The molecular weight excluding hydrogens is 394 g/mol. The van der Waals surface area contributed by atoms with Gasteiger partial charge in [0.2, 0.25) is 0 Å². The van der Waals surface area contributed by atoms with E-state index in [0.29, 0.717) is 5.56 Å². The number of imidazole rings is 1. The number of ether oxygens (including phenoxy) is 1. The van der Waals surface area contributed by atoms with Crippen molar-refractivity contribution in [2.75, 3.05) is 13.7 Å². The zero-order chi connectivity index (χ0) is 21.3. The fourth-order valence-corrected chi connectivity index (χ4v) is 3.34. The quantitative estimate of drug-likeness (QED) is 0.487. The van der Waals surface area contributed by atoms with Crippen molar-refractivity contribution in [2.24, 2.45) is 0 Å². The monoisotopic (exact) mass is 412 g/mol. The molecule has 2 heterocycles. The van der Waals surface area contributed by atoms with Crippen LogP contribution in [0.3, 0.4) is 0 Å². The average molecular weight is 412 g/mol. The third-order valence-corrected chi connectivity index (χ3v) is 4.78. The Labute approximate surface area is 169 Å². The molecule has 0 aliphatic carbocycles. The van der Waals surface area contributed by atoms with Crippen LogP contribution in [0.4, 0.5) is 8.78 Å². The highest BCUT2D eigenvalue weighted by atomic mass is 19.1. The molecule has 0 saturated carbocycles. The maximum atomic E-state index is 14.2. The fraction of sp³-hybridized carbons (Fsp3) is 0.190. The van der Waals surface area contributed by atoms with Gasteiger partial charge in [0.05, 0.1) is 31.7 Å². The van der Waals surface area contributed by atoms with Crippen LogP contribution in [0, 0.1) is 11.6 Å². The first-order valence-electron chi connectivity index (χ1n) is 9.20. The van der Waals surface area contributed by atoms with Gasteiger partial charge in [-0.3, -0.25) is 9.36 Å². The summed E-state index contributed by atoms with van der Waals surface area (Å²) in [5.74, 6) is -0.953. The Bertz CT molecular complexity index is 1340. The zero-order valence-electron chi connectivity index (χ0n) is 16.1. The van der Waals surface area contributed by atoms with Crippen molar-refractivity contribution in [2.45, 2.75) is 13.1 Å². The van der Waals surface area contributed by atoms with Crippen LogP contribution in [0.2, 0.25) is 0 Å². The van der Waals surface area contributed by atoms with Crippen molar-refractivity contribution < 1.29 is 13.5 Å². The van der Waals surface area contributed by atoms with Crippen LogP contribution in [0.25, 0.3) is 16.9 Å². The van der Waals surface area contributed by atoms with Crippen molar-refractivity contribution in [1.29, 1.82) is 0 Å². The minimum Gasteiger partial charge on any atom is -0.383 e. The van der Waals surface area contributed by atoms with Gasteiger partial charge in [0.15, 0.2) is 11.2 Å². The Morgan fingerprint density at radius 2 is 1.87 bits per heavy atom. The maximum absolute atomic E-state index is 14.2. The van der Waals surface area contributed by atoms with Crippen molar-refractivity contribution in [3.63, 3.8) is 0 Å². The van der Waals surface area contributed by atoms with Gasteiger partial charge in [0, 0.05) is 12.7 Å². The number of fused-ring (bicyclic) bond motifs is 1. The summed E-state index contributed by atoms with van der Waals surface area (Å²) in [6.45, 7) is 0.180. The predicted molar refractivity (Wildman–Crippen MR) is 107 cm³/mol. The van der Waals surface area contributed by atoms with Crippen LogP contribution < -0.4 is 11.2 Å². The van der Waals surface area contributed by atoms with Gasteiger partial charge in [-0.1, -0.05) is 24.3 Å². The van der Waals surface area contributed by atoms with E-state index in [2.05, 4.69) is 4.98 Å². The van der Waals surface area contributed by atoms with Crippen LogP contribution in [-0.4, -0.2) is 32.4 Å². The SMILES string of the molecule is COCCn1c(=O)c2c(ncn2Cc2ccccc2F)n(-c2cccc(F)c2)c1=O. The third-order valence-electron chi connectivity index (χ3n) is 4.78. The molecule has 2 aromatic heterocycles. The smallest absolute Gasteiger partial charge is 0.337 e. The van der Waals surface area contributed by atoms with Gasteiger partial charge in [-0.05, 0) is 24.3 Å². The minimum absolute atomic E-state index is 0.00427.